The van der Waals surface area contributed by atoms with Crippen LogP contribution in [0.3, 0.4) is 0 Å². The van der Waals surface area contributed by atoms with Gasteiger partial charge in [0.2, 0.25) is 5.91 Å². The maximum absolute atomic E-state index is 11.4. The van der Waals surface area contributed by atoms with Gasteiger partial charge in [0, 0.05) is 13.0 Å². The van der Waals surface area contributed by atoms with Crippen LogP contribution < -0.4 is 5.32 Å². The van der Waals surface area contributed by atoms with E-state index >= 15 is 0 Å². The van der Waals surface area contributed by atoms with Crippen molar-refractivity contribution < 1.29 is 14.6 Å². The Kier molecular flexibility index (Phi) is 4.18. The lowest BCUT2D eigenvalue weighted by Crippen LogP contribution is -2.45. The Morgan fingerprint density at radius 1 is 1.69 bits per heavy atom. The number of ether oxygens (including phenoxy) is 1. The molecular weight excluding hydrogens is 170 g/mol. The van der Waals surface area contributed by atoms with E-state index in [0.29, 0.717) is 6.61 Å². The molecule has 0 aliphatic heterocycles. The molecule has 0 aromatic carbocycles. The number of rotatable bonds is 5. The Morgan fingerprint density at radius 3 is 2.77 bits per heavy atom. The second-order valence-electron chi connectivity index (χ2n) is 3.47. The largest absolute Gasteiger partial charge is 0.394 e. The van der Waals surface area contributed by atoms with Crippen LogP contribution in [0.1, 0.15) is 19.3 Å². The minimum absolute atomic E-state index is 0.0577. The van der Waals surface area contributed by atoms with Crippen molar-refractivity contribution in [2.45, 2.75) is 25.3 Å². The number of aliphatic hydroxyl groups is 1. The highest BCUT2D eigenvalue weighted by Gasteiger charge is 2.26. The first-order chi connectivity index (χ1) is 6.27. The van der Waals surface area contributed by atoms with Gasteiger partial charge in [-0.25, -0.2) is 0 Å². The molecule has 1 rings (SSSR count). The number of carbonyl (C=O) groups is 1. The molecule has 1 unspecified atom stereocenters. The summed E-state index contributed by atoms with van der Waals surface area (Å²) < 4.78 is 4.85. The highest BCUT2D eigenvalue weighted by Crippen LogP contribution is 2.26. The van der Waals surface area contributed by atoms with E-state index in [-0.39, 0.29) is 24.5 Å². The highest BCUT2D eigenvalue weighted by molar-refractivity contribution is 5.79. The smallest absolute Gasteiger partial charge is 0.223 e. The van der Waals surface area contributed by atoms with Crippen molar-refractivity contribution in [3.63, 3.8) is 0 Å². The number of nitrogens with one attached hydrogen (secondary N) is 1. The average Bonchev–Trinajstić information content (AvgIpc) is 2.00. The molecule has 0 saturated heterocycles. The summed E-state index contributed by atoms with van der Waals surface area (Å²) in [6.45, 7) is 0.307. The molecular formula is C9H17NO3. The normalized spacial score (nSPS) is 19.2. The van der Waals surface area contributed by atoms with Gasteiger partial charge in [-0.15, -0.1) is 0 Å². The van der Waals surface area contributed by atoms with Gasteiger partial charge >= 0.3 is 0 Å². The standard InChI is InChI=1S/C9H17NO3/c1-13-6-8(5-11)10-9(12)7-3-2-4-7/h7-8,11H,2-6H2,1H3,(H,10,12). The molecule has 13 heavy (non-hydrogen) atoms. The summed E-state index contributed by atoms with van der Waals surface area (Å²) in [5.74, 6) is 0.230. The summed E-state index contributed by atoms with van der Waals surface area (Å²) in [7, 11) is 1.55. The number of hydrogen-bond acceptors (Lipinski definition) is 3. The minimum atomic E-state index is -0.252. The van der Waals surface area contributed by atoms with Crippen molar-refractivity contribution in [3.8, 4) is 0 Å². The van der Waals surface area contributed by atoms with Crippen LogP contribution in [-0.4, -0.2) is 37.4 Å². The summed E-state index contributed by atoms with van der Waals surface area (Å²) in [5, 5.41) is 11.6. The van der Waals surface area contributed by atoms with Crippen LogP contribution in [0.2, 0.25) is 0 Å². The molecule has 2 N–H and O–H groups in total. The molecule has 0 spiro atoms. The van der Waals surface area contributed by atoms with Crippen LogP contribution in [0, 0.1) is 5.92 Å². The molecule has 0 aromatic rings. The van der Waals surface area contributed by atoms with E-state index in [2.05, 4.69) is 5.32 Å². The molecule has 0 aromatic heterocycles. The molecule has 1 aliphatic carbocycles. The Labute approximate surface area is 78.3 Å². The zero-order valence-electron chi connectivity index (χ0n) is 7.95. The van der Waals surface area contributed by atoms with Gasteiger partial charge in [0.15, 0.2) is 0 Å². The first-order valence-electron chi connectivity index (χ1n) is 4.68. The van der Waals surface area contributed by atoms with Crippen molar-refractivity contribution in [1.82, 2.24) is 5.32 Å². The van der Waals surface area contributed by atoms with Gasteiger partial charge in [0.25, 0.3) is 0 Å². The maximum Gasteiger partial charge on any atom is 0.223 e. The summed E-state index contributed by atoms with van der Waals surface area (Å²) in [6.07, 6.45) is 3.11. The van der Waals surface area contributed by atoms with E-state index in [1.165, 1.54) is 0 Å². The molecule has 0 bridgehead atoms. The van der Waals surface area contributed by atoms with Crippen LogP contribution in [0.4, 0.5) is 0 Å². The monoisotopic (exact) mass is 187 g/mol. The van der Waals surface area contributed by atoms with Gasteiger partial charge in [-0.05, 0) is 12.8 Å². The van der Waals surface area contributed by atoms with Gasteiger partial charge in [0.05, 0.1) is 19.3 Å². The SMILES string of the molecule is COCC(CO)NC(=O)C1CCC1. The molecule has 1 saturated carbocycles. The number of carbonyl (C=O) groups excluding carboxylic acids is 1. The van der Waals surface area contributed by atoms with E-state index < -0.39 is 0 Å². The van der Waals surface area contributed by atoms with E-state index in [9.17, 15) is 4.79 Å². The number of methoxy groups -OCH3 is 1. The van der Waals surface area contributed by atoms with Gasteiger partial charge < -0.3 is 15.2 Å². The Balaban J connectivity index is 2.23. The van der Waals surface area contributed by atoms with E-state index in [4.69, 9.17) is 9.84 Å². The van der Waals surface area contributed by atoms with E-state index in [1.54, 1.807) is 7.11 Å². The van der Waals surface area contributed by atoms with Crippen LogP contribution in [0.25, 0.3) is 0 Å². The maximum atomic E-state index is 11.4. The second kappa shape index (κ2) is 5.19. The van der Waals surface area contributed by atoms with Crippen molar-refractivity contribution in [3.05, 3.63) is 0 Å². The third kappa shape index (κ3) is 2.97. The van der Waals surface area contributed by atoms with E-state index in [0.717, 1.165) is 19.3 Å². The summed E-state index contributed by atoms with van der Waals surface area (Å²) in [4.78, 5) is 11.4. The van der Waals surface area contributed by atoms with Crippen molar-refractivity contribution in [2.75, 3.05) is 20.3 Å². The predicted octanol–water partition coefficient (Wildman–Crippen LogP) is -0.0900. The van der Waals surface area contributed by atoms with E-state index in [1.807, 2.05) is 0 Å². The lowest BCUT2D eigenvalue weighted by molar-refractivity contribution is -0.128. The zero-order chi connectivity index (χ0) is 9.68. The minimum Gasteiger partial charge on any atom is -0.394 e. The van der Waals surface area contributed by atoms with Gasteiger partial charge in [-0.1, -0.05) is 6.42 Å². The number of aliphatic hydroxyl groups excluding tert-OH is 1. The molecule has 0 radical (unpaired) electrons. The average molecular weight is 187 g/mol. The van der Waals surface area contributed by atoms with Crippen LogP contribution in [0.15, 0.2) is 0 Å². The molecule has 0 heterocycles. The zero-order valence-corrected chi connectivity index (χ0v) is 7.95. The summed E-state index contributed by atoms with van der Waals surface area (Å²) in [5.41, 5.74) is 0. The number of amides is 1. The van der Waals surface area contributed by atoms with Crippen LogP contribution >= 0.6 is 0 Å². The van der Waals surface area contributed by atoms with Crippen molar-refractivity contribution in [1.29, 1.82) is 0 Å². The second-order valence-corrected chi connectivity index (χ2v) is 3.47. The number of hydrogen-bond donors (Lipinski definition) is 2. The summed E-state index contributed by atoms with van der Waals surface area (Å²) >= 11 is 0. The fourth-order valence-electron chi connectivity index (χ4n) is 1.33. The van der Waals surface area contributed by atoms with Crippen LogP contribution in [0.5, 0.6) is 0 Å². The molecule has 1 atom stereocenters. The fourth-order valence-corrected chi connectivity index (χ4v) is 1.33. The Hall–Kier alpha value is -0.610. The van der Waals surface area contributed by atoms with Crippen LogP contribution in [-0.2, 0) is 9.53 Å². The quantitative estimate of drug-likeness (QED) is 0.632. The lowest BCUT2D eigenvalue weighted by Gasteiger charge is -2.26. The molecule has 4 heteroatoms. The third-order valence-electron chi connectivity index (χ3n) is 2.41. The first-order valence-corrected chi connectivity index (χ1v) is 4.68. The molecule has 1 amide bonds. The Morgan fingerprint density at radius 2 is 2.38 bits per heavy atom. The van der Waals surface area contributed by atoms with Gasteiger partial charge in [-0.3, -0.25) is 4.79 Å². The highest BCUT2D eigenvalue weighted by atomic mass is 16.5. The first kappa shape index (κ1) is 10.5. The molecule has 76 valence electrons. The van der Waals surface area contributed by atoms with Crippen molar-refractivity contribution >= 4 is 5.91 Å². The molecule has 1 fully saturated rings. The molecule has 1 aliphatic rings. The third-order valence-corrected chi connectivity index (χ3v) is 2.41. The molecule has 4 nitrogen and oxygen atoms in total. The fraction of sp³-hybridized carbons (Fsp3) is 0.889. The van der Waals surface area contributed by atoms with Crippen molar-refractivity contribution in [2.24, 2.45) is 5.92 Å². The predicted molar refractivity (Wildman–Crippen MR) is 48.2 cm³/mol. The Bertz CT molecular complexity index is 168. The van der Waals surface area contributed by atoms with Gasteiger partial charge in [-0.2, -0.15) is 0 Å². The topological polar surface area (TPSA) is 58.6 Å². The van der Waals surface area contributed by atoms with Gasteiger partial charge in [0.1, 0.15) is 0 Å². The lowest BCUT2D eigenvalue weighted by atomic mass is 9.84. The summed E-state index contributed by atoms with van der Waals surface area (Å²) in [6, 6.07) is -0.252.